The lowest BCUT2D eigenvalue weighted by molar-refractivity contribution is 0.0945. The number of nitrogens with one attached hydrogen (secondary N) is 2. The van der Waals surface area contributed by atoms with E-state index in [1.165, 1.54) is 32.1 Å². The van der Waals surface area contributed by atoms with Gasteiger partial charge in [-0.15, -0.1) is 5.10 Å². The molecule has 2 aromatic rings. The second-order valence-electron chi connectivity index (χ2n) is 8.36. The predicted molar refractivity (Wildman–Crippen MR) is 144 cm³/mol. The number of aryl methyl sites for hydroxylation is 1. The van der Waals surface area contributed by atoms with Crippen molar-refractivity contribution in [3.05, 3.63) is 58.9 Å². The molecule has 10 heteroatoms. The summed E-state index contributed by atoms with van der Waals surface area (Å²) in [7, 11) is 1.56. The number of amidine groups is 1. The van der Waals surface area contributed by atoms with E-state index in [0.29, 0.717) is 24.4 Å². The van der Waals surface area contributed by atoms with Gasteiger partial charge in [-0.1, -0.05) is 43.3 Å². The molecule has 0 aliphatic heterocycles. The Bertz CT molecular complexity index is 960. The second kappa shape index (κ2) is 15.2. The van der Waals surface area contributed by atoms with Gasteiger partial charge in [-0.05, 0) is 62.8 Å². The van der Waals surface area contributed by atoms with E-state index in [2.05, 4.69) is 26.4 Å². The van der Waals surface area contributed by atoms with Crippen molar-refractivity contribution in [1.82, 2.24) is 20.1 Å². The Kier molecular flexibility index (Phi) is 12.4. The van der Waals surface area contributed by atoms with Crippen LogP contribution in [0.1, 0.15) is 66.3 Å². The smallest absolute Gasteiger partial charge is 0.270 e. The summed E-state index contributed by atoms with van der Waals surface area (Å²) in [5.74, 6) is 6.15. The molecule has 3 rings (SSSR count). The van der Waals surface area contributed by atoms with Crippen LogP contribution in [0.2, 0.25) is 0 Å². The predicted octanol–water partition coefficient (Wildman–Crippen LogP) is 3.33. The number of ether oxygens (including phenoxy) is 1. The maximum Gasteiger partial charge on any atom is 0.270 e. The average Bonchev–Trinajstić information content (AvgIpc) is 2.83. The van der Waals surface area contributed by atoms with Crippen molar-refractivity contribution in [1.29, 1.82) is 0 Å². The molecule has 0 atom stereocenters. The molecule has 6 N–H and O–H groups in total. The van der Waals surface area contributed by atoms with Crippen LogP contribution in [0.4, 0.5) is 0 Å². The number of nitrogens with zero attached hydrogens (tertiary/aromatic N) is 3. The molecular formula is C25H39N7O2S. The van der Waals surface area contributed by atoms with Crippen molar-refractivity contribution < 1.29 is 9.53 Å². The van der Waals surface area contributed by atoms with Crippen LogP contribution < -0.4 is 26.4 Å². The van der Waals surface area contributed by atoms with Gasteiger partial charge in [0.05, 0.1) is 6.61 Å². The van der Waals surface area contributed by atoms with Gasteiger partial charge < -0.3 is 15.8 Å². The van der Waals surface area contributed by atoms with Crippen molar-refractivity contribution in [3.8, 4) is 5.75 Å². The maximum absolute atomic E-state index is 12.5. The van der Waals surface area contributed by atoms with Gasteiger partial charge in [-0.25, -0.2) is 15.9 Å². The SMILES string of the molecule is CCOc1cccc(CNC(=O)c2cc(/C(N)=N/N(C)N)cc(C)n2)c1.CSNC1CCCCC1. The number of pyridine rings is 1. The lowest BCUT2D eigenvalue weighted by atomic mass is 9.96. The maximum atomic E-state index is 12.5. The molecule has 1 aromatic carbocycles. The Morgan fingerprint density at radius 2 is 2.00 bits per heavy atom. The lowest BCUT2D eigenvalue weighted by Gasteiger charge is -2.20. The molecule has 0 spiro atoms. The van der Waals surface area contributed by atoms with Crippen LogP contribution in [-0.2, 0) is 6.54 Å². The van der Waals surface area contributed by atoms with E-state index in [9.17, 15) is 4.79 Å². The number of aromatic nitrogens is 1. The van der Waals surface area contributed by atoms with Crippen molar-refractivity contribution in [2.45, 2.75) is 58.5 Å². The van der Waals surface area contributed by atoms with E-state index < -0.39 is 0 Å². The second-order valence-corrected chi connectivity index (χ2v) is 9.01. The Morgan fingerprint density at radius 3 is 2.66 bits per heavy atom. The quantitative estimate of drug-likeness (QED) is 0.135. The number of amides is 1. The van der Waals surface area contributed by atoms with Crippen molar-refractivity contribution in [2.24, 2.45) is 16.7 Å². The zero-order valence-corrected chi connectivity index (χ0v) is 22.0. The van der Waals surface area contributed by atoms with Crippen LogP contribution in [0.5, 0.6) is 5.75 Å². The van der Waals surface area contributed by atoms with Gasteiger partial charge in [0.1, 0.15) is 11.4 Å². The first-order chi connectivity index (χ1) is 16.8. The number of carbonyl (C=O) groups excluding carboxylic acids is 1. The summed E-state index contributed by atoms with van der Waals surface area (Å²) in [4.78, 5) is 16.7. The van der Waals surface area contributed by atoms with E-state index in [1.54, 1.807) is 38.1 Å². The first-order valence-corrected chi connectivity index (χ1v) is 13.1. The number of carbonyl (C=O) groups is 1. The van der Waals surface area contributed by atoms with Gasteiger partial charge in [-0.2, -0.15) is 0 Å². The Labute approximate surface area is 213 Å². The fourth-order valence-electron chi connectivity index (χ4n) is 3.73. The number of nitrogens with two attached hydrogens (primary N) is 2. The Morgan fingerprint density at radius 1 is 1.26 bits per heavy atom. The number of hydrazone groups is 1. The average molecular weight is 502 g/mol. The van der Waals surface area contributed by atoms with Crippen molar-refractivity contribution in [3.63, 3.8) is 0 Å². The minimum Gasteiger partial charge on any atom is -0.494 e. The number of hydrazine groups is 1. The third kappa shape index (κ3) is 10.5. The number of hydrogen-bond acceptors (Lipinski definition) is 8. The highest BCUT2D eigenvalue weighted by Crippen LogP contribution is 2.18. The first kappa shape index (κ1) is 28.4. The zero-order chi connectivity index (χ0) is 25.6. The van der Waals surface area contributed by atoms with Gasteiger partial charge in [0.2, 0.25) is 0 Å². The van der Waals surface area contributed by atoms with E-state index in [0.717, 1.165) is 22.5 Å². The molecule has 1 amide bonds. The van der Waals surface area contributed by atoms with Gasteiger partial charge >= 0.3 is 0 Å². The van der Waals surface area contributed by atoms with Gasteiger partial charge in [-0.3, -0.25) is 9.52 Å². The van der Waals surface area contributed by atoms with Crippen LogP contribution >= 0.6 is 11.9 Å². The highest BCUT2D eigenvalue weighted by molar-refractivity contribution is 7.96. The van der Waals surface area contributed by atoms with Gasteiger partial charge in [0, 0.05) is 30.9 Å². The molecule has 1 saturated carbocycles. The highest BCUT2D eigenvalue weighted by atomic mass is 32.2. The van der Waals surface area contributed by atoms with Gasteiger partial charge in [0.25, 0.3) is 5.91 Å². The fraction of sp³-hybridized carbons (Fsp3) is 0.480. The molecular weight excluding hydrogens is 462 g/mol. The fourth-order valence-corrected chi connectivity index (χ4v) is 4.30. The molecule has 0 radical (unpaired) electrons. The van der Waals surface area contributed by atoms with Gasteiger partial charge in [0.15, 0.2) is 5.84 Å². The van der Waals surface area contributed by atoms with E-state index in [1.807, 2.05) is 31.2 Å². The Balaban J connectivity index is 0.000000402. The zero-order valence-electron chi connectivity index (χ0n) is 21.2. The molecule has 0 unspecified atom stereocenters. The first-order valence-electron chi connectivity index (χ1n) is 11.9. The summed E-state index contributed by atoms with van der Waals surface area (Å²) >= 11 is 1.76. The summed E-state index contributed by atoms with van der Waals surface area (Å²) in [6, 6.07) is 11.7. The van der Waals surface area contributed by atoms with E-state index in [-0.39, 0.29) is 17.4 Å². The number of rotatable bonds is 9. The van der Waals surface area contributed by atoms with E-state index in [4.69, 9.17) is 16.3 Å². The van der Waals surface area contributed by atoms with E-state index >= 15 is 0 Å². The summed E-state index contributed by atoms with van der Waals surface area (Å²) in [6.45, 7) is 4.66. The molecule has 1 aliphatic rings. The third-order valence-electron chi connectivity index (χ3n) is 5.30. The van der Waals surface area contributed by atoms with Crippen LogP contribution in [0.15, 0.2) is 41.5 Å². The molecule has 35 heavy (non-hydrogen) atoms. The largest absolute Gasteiger partial charge is 0.494 e. The molecule has 1 aliphatic carbocycles. The van der Waals surface area contributed by atoms with Crippen LogP contribution in [0.3, 0.4) is 0 Å². The third-order valence-corrected chi connectivity index (χ3v) is 5.87. The van der Waals surface area contributed by atoms with Crippen molar-refractivity contribution >= 4 is 23.7 Å². The topological polar surface area (TPSA) is 131 Å². The molecule has 1 heterocycles. The van der Waals surface area contributed by atoms with Crippen LogP contribution in [-0.4, -0.2) is 47.8 Å². The molecule has 0 saturated heterocycles. The van der Waals surface area contributed by atoms with Crippen molar-refractivity contribution in [2.75, 3.05) is 19.9 Å². The lowest BCUT2D eigenvalue weighted by Crippen LogP contribution is -2.27. The number of hydrogen-bond donors (Lipinski definition) is 4. The summed E-state index contributed by atoms with van der Waals surface area (Å²) in [5.41, 5.74) is 8.33. The minimum absolute atomic E-state index is 0.207. The molecule has 1 aromatic heterocycles. The molecule has 9 nitrogen and oxygen atoms in total. The molecule has 192 valence electrons. The summed E-state index contributed by atoms with van der Waals surface area (Å²) in [6.07, 6.45) is 9.19. The molecule has 0 bridgehead atoms. The minimum atomic E-state index is -0.300. The monoisotopic (exact) mass is 501 g/mol. The van der Waals surface area contributed by atoms with Crippen LogP contribution in [0, 0.1) is 6.92 Å². The Hall–Kier alpha value is -2.82. The van der Waals surface area contributed by atoms with Crippen LogP contribution in [0.25, 0.3) is 0 Å². The highest BCUT2D eigenvalue weighted by Gasteiger charge is 2.12. The summed E-state index contributed by atoms with van der Waals surface area (Å²) in [5, 5.41) is 7.90. The molecule has 1 fully saturated rings. The standard InChI is InChI=1S/C18H24N6O2.C7H15NS/c1-4-26-15-7-5-6-13(9-15)11-21-18(25)16-10-14(8-12(2)22-16)17(19)23-24(3)20;1-9-8-7-5-3-2-4-6-7/h5-10H,4,11,20H2,1-3H3,(H2,19,23)(H,21,25);7-8H,2-6H2,1H3. The summed E-state index contributed by atoms with van der Waals surface area (Å²) < 4.78 is 8.86. The number of benzene rings is 1. The normalized spacial score (nSPS) is 14.0.